The first-order chi connectivity index (χ1) is 7.65. The SMILES string of the molecule is Fc1cnc(Oc2cncc(Br)c2)c(F)c1. The lowest BCUT2D eigenvalue weighted by Gasteiger charge is -2.04. The van der Waals surface area contributed by atoms with Gasteiger partial charge < -0.3 is 4.74 Å². The van der Waals surface area contributed by atoms with Crippen LogP contribution in [0.4, 0.5) is 8.78 Å². The van der Waals surface area contributed by atoms with Gasteiger partial charge in [0, 0.05) is 16.7 Å². The third-order valence-electron chi connectivity index (χ3n) is 1.67. The van der Waals surface area contributed by atoms with Crippen molar-refractivity contribution in [2.75, 3.05) is 0 Å². The van der Waals surface area contributed by atoms with E-state index in [-0.39, 0.29) is 5.88 Å². The number of aromatic nitrogens is 2. The minimum absolute atomic E-state index is 0.290. The largest absolute Gasteiger partial charge is 0.435 e. The number of rotatable bonds is 2. The fourth-order valence-electron chi connectivity index (χ4n) is 1.04. The van der Waals surface area contributed by atoms with Crippen molar-refractivity contribution in [2.24, 2.45) is 0 Å². The van der Waals surface area contributed by atoms with E-state index in [0.717, 1.165) is 6.20 Å². The zero-order valence-electron chi connectivity index (χ0n) is 7.82. The Bertz CT molecular complexity index is 522. The molecule has 0 atom stereocenters. The topological polar surface area (TPSA) is 35.0 Å². The minimum Gasteiger partial charge on any atom is -0.435 e. The molecule has 2 aromatic rings. The van der Waals surface area contributed by atoms with Crippen LogP contribution in [0.1, 0.15) is 0 Å². The Hall–Kier alpha value is -1.56. The molecule has 0 aliphatic heterocycles. The van der Waals surface area contributed by atoms with Crippen LogP contribution in [0, 0.1) is 11.6 Å². The molecule has 0 amide bonds. The van der Waals surface area contributed by atoms with Gasteiger partial charge in [0.05, 0.1) is 12.4 Å². The standard InChI is InChI=1S/C10H5BrF2N2O/c11-6-1-8(5-14-3-6)16-10-9(13)2-7(12)4-15-10/h1-5H. The molecule has 2 aromatic heterocycles. The molecule has 0 bridgehead atoms. The van der Waals surface area contributed by atoms with Crippen molar-refractivity contribution in [3.05, 3.63) is 46.8 Å². The molecule has 0 unspecified atom stereocenters. The Labute approximate surface area is 98.2 Å². The summed E-state index contributed by atoms with van der Waals surface area (Å²) in [6, 6.07) is 2.30. The van der Waals surface area contributed by atoms with Crippen LogP contribution in [0.3, 0.4) is 0 Å². The fourth-order valence-corrected chi connectivity index (χ4v) is 1.38. The van der Waals surface area contributed by atoms with Crippen LogP contribution in [-0.2, 0) is 0 Å². The van der Waals surface area contributed by atoms with Gasteiger partial charge in [-0.15, -0.1) is 0 Å². The minimum atomic E-state index is -0.861. The molecule has 82 valence electrons. The van der Waals surface area contributed by atoms with Gasteiger partial charge in [0.25, 0.3) is 5.88 Å². The van der Waals surface area contributed by atoms with Crippen molar-refractivity contribution < 1.29 is 13.5 Å². The molecule has 0 aromatic carbocycles. The van der Waals surface area contributed by atoms with Gasteiger partial charge in [0.15, 0.2) is 5.82 Å². The van der Waals surface area contributed by atoms with E-state index >= 15 is 0 Å². The second kappa shape index (κ2) is 4.52. The second-order valence-corrected chi connectivity index (χ2v) is 3.80. The summed E-state index contributed by atoms with van der Waals surface area (Å²) in [6.07, 6.45) is 3.83. The third-order valence-corrected chi connectivity index (χ3v) is 2.10. The Morgan fingerprint density at radius 2 is 1.94 bits per heavy atom. The van der Waals surface area contributed by atoms with Gasteiger partial charge in [-0.2, -0.15) is 0 Å². The molecule has 2 heterocycles. The number of hydrogen-bond donors (Lipinski definition) is 0. The highest BCUT2D eigenvalue weighted by molar-refractivity contribution is 9.10. The number of hydrogen-bond acceptors (Lipinski definition) is 3. The van der Waals surface area contributed by atoms with E-state index in [1.165, 1.54) is 6.20 Å². The monoisotopic (exact) mass is 286 g/mol. The molecule has 0 aliphatic rings. The van der Waals surface area contributed by atoms with Crippen molar-refractivity contribution in [2.45, 2.75) is 0 Å². The zero-order valence-corrected chi connectivity index (χ0v) is 9.41. The first-order valence-corrected chi connectivity index (χ1v) is 5.04. The third kappa shape index (κ3) is 2.52. The van der Waals surface area contributed by atoms with E-state index in [1.54, 1.807) is 12.3 Å². The molecule has 0 radical (unpaired) electrons. The van der Waals surface area contributed by atoms with Crippen molar-refractivity contribution in [3.63, 3.8) is 0 Å². The maximum Gasteiger partial charge on any atom is 0.256 e. The van der Waals surface area contributed by atoms with Gasteiger partial charge in [-0.25, -0.2) is 13.8 Å². The molecule has 3 nitrogen and oxygen atoms in total. The van der Waals surface area contributed by atoms with Crippen molar-refractivity contribution in [3.8, 4) is 11.6 Å². The van der Waals surface area contributed by atoms with Crippen molar-refractivity contribution in [1.29, 1.82) is 0 Å². The van der Waals surface area contributed by atoms with Crippen LogP contribution in [0.15, 0.2) is 35.2 Å². The Morgan fingerprint density at radius 1 is 1.12 bits per heavy atom. The summed E-state index contributed by atoms with van der Waals surface area (Å²) in [4.78, 5) is 7.32. The first kappa shape index (κ1) is 10.9. The first-order valence-electron chi connectivity index (χ1n) is 4.24. The number of halogens is 3. The smallest absolute Gasteiger partial charge is 0.256 e. The van der Waals surface area contributed by atoms with Crippen LogP contribution in [0.2, 0.25) is 0 Å². The summed E-state index contributed by atoms with van der Waals surface area (Å²) in [5.74, 6) is -1.59. The number of ether oxygens (including phenoxy) is 1. The lowest BCUT2D eigenvalue weighted by Crippen LogP contribution is -1.93. The van der Waals surface area contributed by atoms with Gasteiger partial charge in [-0.05, 0) is 22.0 Å². The second-order valence-electron chi connectivity index (χ2n) is 2.88. The Balaban J connectivity index is 2.27. The maximum atomic E-state index is 13.2. The number of nitrogens with zero attached hydrogens (tertiary/aromatic N) is 2. The highest BCUT2D eigenvalue weighted by Crippen LogP contribution is 2.23. The van der Waals surface area contributed by atoms with Gasteiger partial charge in [0.2, 0.25) is 0 Å². The van der Waals surface area contributed by atoms with Crippen LogP contribution in [-0.4, -0.2) is 9.97 Å². The molecule has 0 saturated heterocycles. The lowest BCUT2D eigenvalue weighted by molar-refractivity contribution is 0.415. The predicted octanol–water partition coefficient (Wildman–Crippen LogP) is 3.31. The zero-order chi connectivity index (χ0) is 11.5. The van der Waals surface area contributed by atoms with E-state index < -0.39 is 11.6 Å². The molecule has 0 fully saturated rings. The molecule has 6 heteroatoms. The quantitative estimate of drug-likeness (QED) is 0.850. The van der Waals surface area contributed by atoms with E-state index in [0.29, 0.717) is 16.3 Å². The summed E-state index contributed by atoms with van der Waals surface area (Å²) in [5.41, 5.74) is 0. The summed E-state index contributed by atoms with van der Waals surface area (Å²) in [5, 5.41) is 0. The summed E-state index contributed by atoms with van der Waals surface area (Å²) in [7, 11) is 0. The van der Waals surface area contributed by atoms with Gasteiger partial charge in [-0.1, -0.05) is 0 Å². The normalized spacial score (nSPS) is 10.2. The molecule has 0 spiro atoms. The summed E-state index contributed by atoms with van der Waals surface area (Å²) < 4.78 is 31.5. The molecule has 2 rings (SSSR count). The predicted molar refractivity (Wildman–Crippen MR) is 56.2 cm³/mol. The average Bonchev–Trinajstić information content (AvgIpc) is 2.22. The summed E-state index contributed by atoms with van der Waals surface area (Å²) in [6.45, 7) is 0. The van der Waals surface area contributed by atoms with E-state index in [9.17, 15) is 8.78 Å². The Morgan fingerprint density at radius 3 is 2.62 bits per heavy atom. The molecular weight excluding hydrogens is 282 g/mol. The molecule has 0 N–H and O–H groups in total. The van der Waals surface area contributed by atoms with Crippen LogP contribution in [0.25, 0.3) is 0 Å². The highest BCUT2D eigenvalue weighted by Gasteiger charge is 2.08. The van der Waals surface area contributed by atoms with Gasteiger partial charge >= 0.3 is 0 Å². The van der Waals surface area contributed by atoms with Crippen LogP contribution < -0.4 is 4.74 Å². The molecule has 0 aliphatic carbocycles. The van der Waals surface area contributed by atoms with E-state index in [2.05, 4.69) is 25.9 Å². The van der Waals surface area contributed by atoms with E-state index in [4.69, 9.17) is 4.74 Å². The highest BCUT2D eigenvalue weighted by atomic mass is 79.9. The van der Waals surface area contributed by atoms with Gasteiger partial charge in [0.1, 0.15) is 11.6 Å². The molecule has 0 saturated carbocycles. The fraction of sp³-hybridized carbons (Fsp3) is 0. The molecular formula is C10H5BrF2N2O. The van der Waals surface area contributed by atoms with E-state index in [1.807, 2.05) is 0 Å². The van der Waals surface area contributed by atoms with Crippen molar-refractivity contribution in [1.82, 2.24) is 9.97 Å². The van der Waals surface area contributed by atoms with Gasteiger partial charge in [-0.3, -0.25) is 4.98 Å². The number of pyridine rings is 2. The molecule has 16 heavy (non-hydrogen) atoms. The lowest BCUT2D eigenvalue weighted by atomic mass is 10.4. The Kier molecular flexibility index (Phi) is 3.09. The van der Waals surface area contributed by atoms with Crippen LogP contribution in [0.5, 0.6) is 11.6 Å². The maximum absolute atomic E-state index is 13.2. The van der Waals surface area contributed by atoms with Crippen molar-refractivity contribution >= 4 is 15.9 Å². The van der Waals surface area contributed by atoms with Crippen LogP contribution >= 0.6 is 15.9 Å². The average molecular weight is 287 g/mol. The summed E-state index contributed by atoms with van der Waals surface area (Å²) >= 11 is 3.19.